The summed E-state index contributed by atoms with van der Waals surface area (Å²) in [7, 11) is 0. The van der Waals surface area contributed by atoms with Crippen LogP contribution in [0.2, 0.25) is 0 Å². The third kappa shape index (κ3) is 2.53. The van der Waals surface area contributed by atoms with Crippen molar-refractivity contribution in [3.05, 3.63) is 46.7 Å². The summed E-state index contributed by atoms with van der Waals surface area (Å²) < 4.78 is 0.772. The molecule has 0 spiro atoms. The number of para-hydroxylation sites is 1. The number of aryl methyl sites for hydroxylation is 1. The van der Waals surface area contributed by atoms with Crippen LogP contribution in [-0.4, -0.2) is 9.97 Å². The first kappa shape index (κ1) is 10.1. The van der Waals surface area contributed by atoms with Crippen molar-refractivity contribution in [3.8, 4) is 0 Å². The van der Waals surface area contributed by atoms with Crippen LogP contribution in [0.4, 0.5) is 11.6 Å². The first-order valence-corrected chi connectivity index (χ1v) is 5.36. The molecule has 1 heterocycles. The van der Waals surface area contributed by atoms with Gasteiger partial charge in [-0.15, -0.1) is 0 Å². The fourth-order valence-corrected chi connectivity index (χ4v) is 1.52. The van der Waals surface area contributed by atoms with E-state index in [1.807, 2.05) is 31.2 Å². The summed E-state index contributed by atoms with van der Waals surface area (Å²) >= 11 is 3.30. The van der Waals surface area contributed by atoms with Crippen molar-refractivity contribution in [2.24, 2.45) is 0 Å². The van der Waals surface area contributed by atoms with Crippen molar-refractivity contribution in [2.45, 2.75) is 6.92 Å². The lowest BCUT2D eigenvalue weighted by Gasteiger charge is -2.07. The molecular weight excluding hydrogens is 254 g/mol. The molecule has 0 unspecified atom stereocenters. The van der Waals surface area contributed by atoms with Gasteiger partial charge in [0.15, 0.2) is 0 Å². The molecule has 0 atom stereocenters. The topological polar surface area (TPSA) is 37.8 Å². The standard InChI is InChI=1S/C11H10BrN3/c1-8-4-2-3-5-9(8)14-11-13-7-6-10(12)15-11/h2-7H,1H3,(H,13,14,15). The summed E-state index contributed by atoms with van der Waals surface area (Å²) in [4.78, 5) is 8.33. The molecule has 0 amide bonds. The van der Waals surface area contributed by atoms with E-state index in [4.69, 9.17) is 0 Å². The Morgan fingerprint density at radius 3 is 2.73 bits per heavy atom. The van der Waals surface area contributed by atoms with Crippen molar-refractivity contribution < 1.29 is 0 Å². The molecule has 76 valence electrons. The van der Waals surface area contributed by atoms with Crippen molar-refractivity contribution in [1.82, 2.24) is 9.97 Å². The van der Waals surface area contributed by atoms with Crippen molar-refractivity contribution in [3.63, 3.8) is 0 Å². The lowest BCUT2D eigenvalue weighted by atomic mass is 10.2. The highest BCUT2D eigenvalue weighted by atomic mass is 79.9. The average Bonchev–Trinajstić information content (AvgIpc) is 2.22. The lowest BCUT2D eigenvalue weighted by Crippen LogP contribution is -1.97. The van der Waals surface area contributed by atoms with Gasteiger partial charge >= 0.3 is 0 Å². The summed E-state index contributed by atoms with van der Waals surface area (Å²) in [6.45, 7) is 2.04. The minimum atomic E-state index is 0.596. The maximum atomic E-state index is 4.20. The predicted octanol–water partition coefficient (Wildman–Crippen LogP) is 3.29. The fourth-order valence-electron chi connectivity index (χ4n) is 1.23. The highest BCUT2D eigenvalue weighted by Crippen LogP contribution is 2.17. The van der Waals surface area contributed by atoms with Gasteiger partial charge in [-0.25, -0.2) is 9.97 Å². The molecule has 0 saturated heterocycles. The molecule has 4 heteroatoms. The minimum absolute atomic E-state index is 0.596. The lowest BCUT2D eigenvalue weighted by molar-refractivity contribution is 1.14. The quantitative estimate of drug-likeness (QED) is 0.846. The predicted molar refractivity (Wildman–Crippen MR) is 64.2 cm³/mol. The average molecular weight is 264 g/mol. The highest BCUT2D eigenvalue weighted by molar-refractivity contribution is 9.10. The fraction of sp³-hybridized carbons (Fsp3) is 0.0909. The molecule has 15 heavy (non-hydrogen) atoms. The van der Waals surface area contributed by atoms with Crippen LogP contribution in [0.1, 0.15) is 5.56 Å². The number of aromatic nitrogens is 2. The molecule has 1 N–H and O–H groups in total. The number of anilines is 2. The van der Waals surface area contributed by atoms with E-state index in [1.165, 1.54) is 5.56 Å². The maximum Gasteiger partial charge on any atom is 0.228 e. The van der Waals surface area contributed by atoms with Crippen LogP contribution in [0.5, 0.6) is 0 Å². The Bertz CT molecular complexity index is 471. The van der Waals surface area contributed by atoms with E-state index < -0.39 is 0 Å². The normalized spacial score (nSPS) is 10.0. The maximum absolute atomic E-state index is 4.20. The third-order valence-electron chi connectivity index (χ3n) is 2.01. The van der Waals surface area contributed by atoms with Crippen molar-refractivity contribution >= 4 is 27.6 Å². The van der Waals surface area contributed by atoms with E-state index in [0.29, 0.717) is 5.95 Å². The Morgan fingerprint density at radius 2 is 2.00 bits per heavy atom. The van der Waals surface area contributed by atoms with Crippen LogP contribution in [0.3, 0.4) is 0 Å². The second-order valence-corrected chi connectivity index (χ2v) is 3.96. The summed E-state index contributed by atoms with van der Waals surface area (Å²) in [5, 5.41) is 3.16. The molecule has 0 fully saturated rings. The first-order chi connectivity index (χ1) is 7.25. The summed E-state index contributed by atoms with van der Waals surface area (Å²) in [6.07, 6.45) is 1.71. The largest absolute Gasteiger partial charge is 0.324 e. The molecule has 2 rings (SSSR count). The van der Waals surface area contributed by atoms with E-state index in [-0.39, 0.29) is 0 Å². The molecule has 0 aliphatic rings. The minimum Gasteiger partial charge on any atom is -0.324 e. The van der Waals surface area contributed by atoms with E-state index in [2.05, 4.69) is 31.2 Å². The molecule has 1 aromatic carbocycles. The molecule has 0 radical (unpaired) electrons. The van der Waals surface area contributed by atoms with Crippen LogP contribution < -0.4 is 5.32 Å². The van der Waals surface area contributed by atoms with Gasteiger partial charge in [-0.1, -0.05) is 18.2 Å². The molecule has 0 aliphatic carbocycles. The molecular formula is C11H10BrN3. The van der Waals surface area contributed by atoms with Crippen LogP contribution in [-0.2, 0) is 0 Å². The van der Waals surface area contributed by atoms with E-state index in [1.54, 1.807) is 12.3 Å². The van der Waals surface area contributed by atoms with E-state index in [0.717, 1.165) is 10.3 Å². The molecule has 0 saturated carbocycles. The van der Waals surface area contributed by atoms with Gasteiger partial charge in [0.25, 0.3) is 0 Å². The third-order valence-corrected chi connectivity index (χ3v) is 2.45. The Labute approximate surface area is 96.7 Å². The van der Waals surface area contributed by atoms with Gasteiger partial charge < -0.3 is 5.32 Å². The van der Waals surface area contributed by atoms with Crippen LogP contribution in [0.25, 0.3) is 0 Å². The van der Waals surface area contributed by atoms with Crippen molar-refractivity contribution in [1.29, 1.82) is 0 Å². The highest BCUT2D eigenvalue weighted by Gasteiger charge is 1.99. The van der Waals surface area contributed by atoms with Crippen LogP contribution in [0, 0.1) is 6.92 Å². The molecule has 0 aliphatic heterocycles. The summed E-state index contributed by atoms with van der Waals surface area (Å²) in [5.74, 6) is 0.596. The molecule has 2 aromatic rings. The number of benzene rings is 1. The zero-order chi connectivity index (χ0) is 10.7. The van der Waals surface area contributed by atoms with Gasteiger partial charge in [0, 0.05) is 11.9 Å². The number of hydrogen-bond donors (Lipinski definition) is 1. The number of nitrogens with one attached hydrogen (secondary N) is 1. The summed E-state index contributed by atoms with van der Waals surface area (Å²) in [6, 6.07) is 9.82. The zero-order valence-corrected chi connectivity index (χ0v) is 9.82. The number of halogens is 1. The van der Waals surface area contributed by atoms with Gasteiger partial charge in [-0.3, -0.25) is 0 Å². The van der Waals surface area contributed by atoms with Gasteiger partial charge in [-0.2, -0.15) is 0 Å². The number of nitrogens with zero attached hydrogens (tertiary/aromatic N) is 2. The Kier molecular flexibility index (Phi) is 2.97. The Morgan fingerprint density at radius 1 is 1.20 bits per heavy atom. The smallest absolute Gasteiger partial charge is 0.228 e. The second kappa shape index (κ2) is 4.40. The van der Waals surface area contributed by atoms with Gasteiger partial charge in [0.2, 0.25) is 5.95 Å². The first-order valence-electron chi connectivity index (χ1n) is 4.57. The van der Waals surface area contributed by atoms with Gasteiger partial charge in [0.05, 0.1) is 0 Å². The van der Waals surface area contributed by atoms with E-state index >= 15 is 0 Å². The molecule has 0 bridgehead atoms. The van der Waals surface area contributed by atoms with Gasteiger partial charge in [-0.05, 0) is 40.5 Å². The Balaban J connectivity index is 2.26. The van der Waals surface area contributed by atoms with Gasteiger partial charge in [0.1, 0.15) is 4.60 Å². The molecule has 3 nitrogen and oxygen atoms in total. The number of rotatable bonds is 2. The Hall–Kier alpha value is -1.42. The SMILES string of the molecule is Cc1ccccc1Nc1nccc(Br)n1. The van der Waals surface area contributed by atoms with Crippen molar-refractivity contribution in [2.75, 3.05) is 5.32 Å². The monoisotopic (exact) mass is 263 g/mol. The summed E-state index contributed by atoms with van der Waals surface area (Å²) in [5.41, 5.74) is 2.19. The second-order valence-electron chi connectivity index (χ2n) is 3.14. The zero-order valence-electron chi connectivity index (χ0n) is 8.24. The van der Waals surface area contributed by atoms with Crippen LogP contribution >= 0.6 is 15.9 Å². The van der Waals surface area contributed by atoms with E-state index in [9.17, 15) is 0 Å². The number of hydrogen-bond acceptors (Lipinski definition) is 3. The van der Waals surface area contributed by atoms with Crippen LogP contribution in [0.15, 0.2) is 41.1 Å². The molecule has 1 aromatic heterocycles.